The van der Waals surface area contributed by atoms with Crippen LogP contribution < -0.4 is 14.2 Å². The minimum Gasteiger partial charge on any atom is -0.487 e. The van der Waals surface area contributed by atoms with Gasteiger partial charge in [0.05, 0.1) is 33.6 Å². The molecule has 95 heavy (non-hydrogen) atoms. The normalized spacial score (nSPS) is 11.3. The van der Waals surface area contributed by atoms with Gasteiger partial charge in [-0.1, -0.05) is 205 Å². The minimum atomic E-state index is 0.321. The van der Waals surface area contributed by atoms with Crippen molar-refractivity contribution in [1.82, 2.24) is 76.8 Å². The summed E-state index contributed by atoms with van der Waals surface area (Å²) in [5, 5.41) is 46.0. The second kappa shape index (κ2) is 30.8. The molecular formula is C77H67N15O3. The van der Waals surface area contributed by atoms with E-state index in [-0.39, 0.29) is 0 Å². The molecule has 1 unspecified atom stereocenters. The number of para-hydroxylation sites is 3. The number of aromatic amines is 3. The first kappa shape index (κ1) is 61.7. The summed E-state index contributed by atoms with van der Waals surface area (Å²) in [6.45, 7) is 3.53. The van der Waals surface area contributed by atoms with Crippen molar-refractivity contribution >= 4 is 32.7 Å². The summed E-state index contributed by atoms with van der Waals surface area (Å²) in [6, 6.07) is 86.9. The van der Waals surface area contributed by atoms with Crippen molar-refractivity contribution in [3.8, 4) is 17.2 Å². The summed E-state index contributed by atoms with van der Waals surface area (Å²) in [6.07, 6.45) is 4.67. The Bertz CT molecular complexity index is 4860. The lowest BCUT2D eigenvalue weighted by atomic mass is 9.94. The molecule has 0 saturated carbocycles. The topological polar surface area (TPSA) is 230 Å². The van der Waals surface area contributed by atoms with Crippen LogP contribution >= 0.6 is 0 Å². The first-order valence-electron chi connectivity index (χ1n) is 31.5. The number of hydrogen-bond donors (Lipinski definition) is 3. The molecule has 15 rings (SSSR count). The van der Waals surface area contributed by atoms with Crippen molar-refractivity contribution in [1.29, 1.82) is 0 Å². The van der Waals surface area contributed by atoms with E-state index in [1.165, 1.54) is 44.5 Å². The highest BCUT2D eigenvalue weighted by Crippen LogP contribution is 2.25. The van der Waals surface area contributed by atoms with E-state index in [1.807, 2.05) is 115 Å². The van der Waals surface area contributed by atoms with Crippen molar-refractivity contribution in [2.45, 2.75) is 71.2 Å². The summed E-state index contributed by atoms with van der Waals surface area (Å²) in [4.78, 5) is 14.0. The van der Waals surface area contributed by atoms with E-state index in [1.54, 1.807) is 0 Å². The van der Waals surface area contributed by atoms with Crippen LogP contribution in [0.2, 0.25) is 0 Å². The summed E-state index contributed by atoms with van der Waals surface area (Å²) >= 11 is 0. The predicted molar refractivity (Wildman–Crippen MR) is 366 cm³/mol. The van der Waals surface area contributed by atoms with Crippen LogP contribution in [0.25, 0.3) is 32.7 Å². The predicted octanol–water partition coefficient (Wildman–Crippen LogP) is 14.3. The molecule has 0 aliphatic carbocycles. The van der Waals surface area contributed by atoms with Gasteiger partial charge in [-0.2, -0.15) is 15.6 Å². The van der Waals surface area contributed by atoms with Gasteiger partial charge in [-0.25, -0.2) is 15.0 Å². The average Bonchev–Trinajstić information content (AvgIpc) is 3.27. The molecule has 0 aliphatic heterocycles. The molecule has 9 aromatic carbocycles. The van der Waals surface area contributed by atoms with Crippen LogP contribution in [0.5, 0.6) is 17.2 Å². The third-order valence-electron chi connectivity index (χ3n) is 16.1. The van der Waals surface area contributed by atoms with Gasteiger partial charge in [-0.05, 0) is 148 Å². The number of pyridine rings is 3. The van der Waals surface area contributed by atoms with E-state index in [2.05, 4.69) is 223 Å². The molecular weight excluding hydrogens is 1180 g/mol. The highest BCUT2D eigenvalue weighted by atomic mass is 16.5. The van der Waals surface area contributed by atoms with Gasteiger partial charge in [-0.3, -0.25) is 0 Å². The molecule has 18 nitrogen and oxygen atoms in total. The molecule has 0 fully saturated rings. The molecule has 6 heterocycles. The smallest absolute Gasteiger partial charge is 0.178 e. The van der Waals surface area contributed by atoms with Crippen molar-refractivity contribution in [2.75, 3.05) is 0 Å². The molecule has 0 radical (unpaired) electrons. The summed E-state index contributed by atoms with van der Waals surface area (Å²) in [5.41, 5.74) is 16.8. The maximum Gasteiger partial charge on any atom is 0.178 e. The van der Waals surface area contributed by atoms with Gasteiger partial charge in [-0.15, -0.1) is 30.6 Å². The molecule has 0 aliphatic rings. The molecule has 15 aromatic rings. The Balaban J connectivity index is 0.000000129. The van der Waals surface area contributed by atoms with Crippen LogP contribution in [0.4, 0.5) is 0 Å². The van der Waals surface area contributed by atoms with E-state index < -0.39 is 0 Å². The molecule has 0 spiro atoms. The van der Waals surface area contributed by atoms with Crippen molar-refractivity contribution in [2.24, 2.45) is 0 Å². The van der Waals surface area contributed by atoms with Crippen LogP contribution in [0.3, 0.4) is 0 Å². The van der Waals surface area contributed by atoms with E-state index in [4.69, 9.17) is 14.2 Å². The van der Waals surface area contributed by atoms with E-state index in [9.17, 15) is 0 Å². The fourth-order valence-corrected chi connectivity index (χ4v) is 11.1. The molecule has 3 N–H and O–H groups in total. The van der Waals surface area contributed by atoms with Gasteiger partial charge in [0.1, 0.15) is 37.1 Å². The number of rotatable bonds is 22. The number of hydrogen-bond acceptors (Lipinski definition) is 15. The van der Waals surface area contributed by atoms with Crippen LogP contribution in [0, 0.1) is 0 Å². The largest absolute Gasteiger partial charge is 0.487 e. The third kappa shape index (κ3) is 17.5. The summed E-state index contributed by atoms with van der Waals surface area (Å²) in [7, 11) is 0. The third-order valence-corrected chi connectivity index (χ3v) is 16.1. The Morgan fingerprint density at radius 2 is 0.684 bits per heavy atom. The number of ether oxygens (including phenoxy) is 3. The highest BCUT2D eigenvalue weighted by molar-refractivity contribution is 5.80. The lowest BCUT2D eigenvalue weighted by Crippen LogP contribution is -2.01. The Morgan fingerprint density at radius 3 is 1.13 bits per heavy atom. The fourth-order valence-electron chi connectivity index (χ4n) is 11.1. The molecule has 18 heteroatoms. The Labute approximate surface area is 548 Å². The summed E-state index contributed by atoms with van der Waals surface area (Å²) in [5.74, 6) is 4.97. The number of fused-ring (bicyclic) bond motifs is 3. The second-order valence-corrected chi connectivity index (χ2v) is 23.1. The van der Waals surface area contributed by atoms with Crippen LogP contribution in [0.15, 0.2) is 255 Å². The van der Waals surface area contributed by atoms with Crippen LogP contribution in [-0.4, -0.2) is 76.8 Å². The monoisotopic (exact) mass is 1250 g/mol. The standard InChI is InChI=1S/C27H25N5O.2C25H21N5O/c1-19(15-27-29-31-32-30-27)23-7-4-5-21(17-23)16-20-9-13-25(14-10-20)33-18-24-12-11-22-6-2-3-8-26(22)28-24;1-2-7-21(16-25-27-29-30-28-25)20(6-1)15-18-9-13-23(14-10-18)31-17-22-12-11-19-5-3-4-8-24(19)26-22;1-2-4-24-21(3-1)11-12-22(26-24)17-31-23-13-9-19(10-14-23)15-18-5-7-20(8-6-18)16-25-27-29-30-28-25/h2-14,17,19H,15-16,18H2,1H3,(H,29,30,31,32);2*1-14H,15-17H2,(H,27,28,29,30). The van der Waals surface area contributed by atoms with Gasteiger partial charge in [0.15, 0.2) is 17.5 Å². The SMILES string of the molecule is CC(Cc1nn[nH]n1)c1cccc(Cc2ccc(OCc3ccc4ccccc4n3)cc2)c1.c1ccc(Cc2nn[nH]n2)c(Cc2ccc(OCc3ccc4ccccc4n3)cc2)c1.c1ccc2nc(COc3ccc(Cc4ccc(Cc5nn[nH]n5)cc4)cc3)ccc2c1. The molecule has 0 amide bonds. The minimum absolute atomic E-state index is 0.321. The van der Waals surface area contributed by atoms with E-state index in [0.29, 0.717) is 50.2 Å². The Hall–Kier alpha value is -12.2. The fraction of sp³-hybridized carbons (Fsp3) is 0.143. The average molecular weight is 1250 g/mol. The number of nitrogens with zero attached hydrogens (tertiary/aromatic N) is 12. The second-order valence-electron chi connectivity index (χ2n) is 23.1. The zero-order valence-corrected chi connectivity index (χ0v) is 52.3. The zero-order chi connectivity index (χ0) is 64.2. The first-order chi connectivity index (χ1) is 46.9. The number of aromatic nitrogens is 15. The van der Waals surface area contributed by atoms with Gasteiger partial charge in [0, 0.05) is 35.4 Å². The maximum absolute atomic E-state index is 5.96. The van der Waals surface area contributed by atoms with Crippen LogP contribution in [-0.2, 0) is 58.3 Å². The van der Waals surface area contributed by atoms with Crippen molar-refractivity contribution in [3.05, 3.63) is 339 Å². The zero-order valence-electron chi connectivity index (χ0n) is 52.3. The number of tetrazole rings is 3. The number of benzene rings is 9. The molecule has 468 valence electrons. The molecule has 0 saturated heterocycles. The lowest BCUT2D eigenvalue weighted by molar-refractivity contribution is 0.301. The van der Waals surface area contributed by atoms with Crippen LogP contribution in [0.1, 0.15) is 97.5 Å². The van der Waals surface area contributed by atoms with Crippen molar-refractivity contribution in [3.63, 3.8) is 0 Å². The van der Waals surface area contributed by atoms with Crippen molar-refractivity contribution < 1.29 is 14.2 Å². The molecule has 1 atom stereocenters. The lowest BCUT2D eigenvalue weighted by Gasteiger charge is -2.12. The maximum atomic E-state index is 5.96. The molecule has 6 aromatic heterocycles. The van der Waals surface area contributed by atoms with E-state index >= 15 is 0 Å². The van der Waals surface area contributed by atoms with E-state index in [0.717, 1.165) is 104 Å². The van der Waals surface area contributed by atoms with Gasteiger partial charge >= 0.3 is 0 Å². The summed E-state index contributed by atoms with van der Waals surface area (Å²) < 4.78 is 17.8. The first-order valence-corrected chi connectivity index (χ1v) is 31.5. The van der Waals surface area contributed by atoms with Gasteiger partial charge < -0.3 is 14.2 Å². The Kier molecular flexibility index (Phi) is 20.0. The quantitative estimate of drug-likeness (QED) is 0.0573. The Morgan fingerprint density at radius 1 is 0.316 bits per heavy atom. The number of nitrogens with one attached hydrogen (secondary N) is 3. The van der Waals surface area contributed by atoms with Gasteiger partial charge in [0.25, 0.3) is 0 Å². The highest BCUT2D eigenvalue weighted by Gasteiger charge is 2.13. The van der Waals surface area contributed by atoms with Gasteiger partial charge in [0.2, 0.25) is 0 Å². The number of H-pyrrole nitrogens is 3. The molecule has 0 bridgehead atoms.